The van der Waals surface area contributed by atoms with Crippen molar-refractivity contribution in [1.29, 1.82) is 0 Å². The molecule has 0 spiro atoms. The summed E-state index contributed by atoms with van der Waals surface area (Å²) < 4.78 is 10.6. The average molecular weight is 672 g/mol. The summed E-state index contributed by atoms with van der Waals surface area (Å²) in [5.41, 5.74) is 1.39. The number of carbonyl (C=O) groups excluding carboxylic acids is 3. The van der Waals surface area contributed by atoms with Crippen molar-refractivity contribution in [2.45, 2.75) is 109 Å². The van der Waals surface area contributed by atoms with E-state index in [2.05, 4.69) is 26.1 Å². The molecule has 0 bridgehead atoms. The van der Waals surface area contributed by atoms with Gasteiger partial charge < -0.3 is 30.5 Å². The number of benzene rings is 2. The van der Waals surface area contributed by atoms with Crippen LogP contribution in [0, 0.1) is 5.92 Å². The number of hydrogen-bond acceptors (Lipinski definition) is 8. The third-order valence-electron chi connectivity index (χ3n) is 9.32. The van der Waals surface area contributed by atoms with Gasteiger partial charge in [-0.15, -0.1) is 10.2 Å². The maximum absolute atomic E-state index is 13.1. The van der Waals surface area contributed by atoms with Gasteiger partial charge in [-0.25, -0.2) is 9.59 Å². The zero-order valence-corrected chi connectivity index (χ0v) is 29.4. The van der Waals surface area contributed by atoms with Crippen molar-refractivity contribution in [3.05, 3.63) is 66.2 Å². The number of aliphatic hydroxyl groups is 1. The fraction of sp³-hybridized carbons (Fsp3) is 0.500. The van der Waals surface area contributed by atoms with Crippen molar-refractivity contribution in [2.75, 3.05) is 11.9 Å². The SMILES string of the molecule is CCOC(=O)NC1(C)CCC(CC(=O)Nc2cc(-c3ccccc3)c(-c3ccc(C4(NC(=O)OC(C)(C)C)CC(C)(O)C4)cc3)nn2)CC1. The van der Waals surface area contributed by atoms with Crippen molar-refractivity contribution >= 4 is 23.9 Å². The van der Waals surface area contributed by atoms with E-state index in [4.69, 9.17) is 9.47 Å². The molecule has 1 heterocycles. The molecule has 5 rings (SSSR count). The maximum atomic E-state index is 13.1. The van der Waals surface area contributed by atoms with E-state index in [0.717, 1.165) is 47.9 Å². The van der Waals surface area contributed by atoms with Crippen LogP contribution in [0.3, 0.4) is 0 Å². The first-order chi connectivity index (χ1) is 23.1. The molecule has 262 valence electrons. The minimum absolute atomic E-state index is 0.128. The van der Waals surface area contributed by atoms with Gasteiger partial charge in [0, 0.05) is 35.9 Å². The summed E-state index contributed by atoms with van der Waals surface area (Å²) in [5.74, 6) is 0.437. The first-order valence-corrected chi connectivity index (χ1v) is 17.1. The molecule has 2 aliphatic carbocycles. The molecular formula is C38H49N5O6. The van der Waals surface area contributed by atoms with E-state index in [1.807, 2.05) is 88.4 Å². The standard InChI is InChI=1S/C38H49N5O6/c1-7-48-33(45)40-36(5)19-17-25(18-20-36)21-31(44)39-30-22-29(26-11-9-8-10-12-26)32(43-42-30)27-13-15-28(16-14-27)38(23-37(6,47)24-38)41-34(46)49-35(2,3)4/h8-16,22,25,47H,7,17-21,23-24H2,1-6H3,(H,40,45)(H,41,46)(H,39,42,44). The molecule has 0 radical (unpaired) electrons. The number of carbonyl (C=O) groups is 3. The van der Waals surface area contributed by atoms with Crippen LogP contribution in [-0.2, 0) is 19.8 Å². The molecule has 0 aliphatic heterocycles. The number of rotatable bonds is 9. The second-order valence-corrected chi connectivity index (χ2v) is 15.1. The van der Waals surface area contributed by atoms with E-state index in [9.17, 15) is 19.5 Å². The summed E-state index contributed by atoms with van der Waals surface area (Å²) in [6.07, 6.45) is 3.30. The Morgan fingerprint density at radius 3 is 2.14 bits per heavy atom. The van der Waals surface area contributed by atoms with Crippen LogP contribution in [-0.4, -0.2) is 56.7 Å². The Kier molecular flexibility index (Phi) is 10.3. The Hall–Kier alpha value is -4.51. The van der Waals surface area contributed by atoms with Crippen molar-refractivity contribution < 1.29 is 29.0 Å². The van der Waals surface area contributed by atoms with Crippen LogP contribution in [0.4, 0.5) is 15.4 Å². The number of nitrogens with one attached hydrogen (secondary N) is 3. The highest BCUT2D eigenvalue weighted by atomic mass is 16.6. The van der Waals surface area contributed by atoms with Gasteiger partial charge in [0.2, 0.25) is 5.91 Å². The molecule has 2 aromatic carbocycles. The number of alkyl carbamates (subject to hydrolysis) is 2. The van der Waals surface area contributed by atoms with Crippen LogP contribution < -0.4 is 16.0 Å². The molecule has 0 atom stereocenters. The quantitative estimate of drug-likeness (QED) is 0.188. The van der Waals surface area contributed by atoms with Crippen LogP contribution in [0.1, 0.15) is 92.1 Å². The normalized spacial score (nSPS) is 25.0. The zero-order chi connectivity index (χ0) is 35.5. The third-order valence-corrected chi connectivity index (χ3v) is 9.32. The zero-order valence-electron chi connectivity index (χ0n) is 29.4. The largest absolute Gasteiger partial charge is 0.450 e. The van der Waals surface area contributed by atoms with Gasteiger partial charge in [-0.2, -0.15) is 0 Å². The van der Waals surface area contributed by atoms with Crippen LogP contribution in [0.15, 0.2) is 60.7 Å². The van der Waals surface area contributed by atoms with E-state index in [1.54, 1.807) is 13.8 Å². The molecule has 4 N–H and O–H groups in total. The molecule has 11 heteroatoms. The number of ether oxygens (including phenoxy) is 2. The van der Waals surface area contributed by atoms with E-state index in [1.165, 1.54) is 0 Å². The fourth-order valence-electron chi connectivity index (χ4n) is 7.08. The fourth-order valence-corrected chi connectivity index (χ4v) is 7.08. The third kappa shape index (κ3) is 9.14. The lowest BCUT2D eigenvalue weighted by molar-refractivity contribution is -0.117. The highest BCUT2D eigenvalue weighted by Crippen LogP contribution is 2.48. The number of amides is 3. The Labute approximate surface area is 288 Å². The van der Waals surface area contributed by atoms with E-state index in [0.29, 0.717) is 37.4 Å². The number of anilines is 1. The maximum Gasteiger partial charge on any atom is 0.408 e. The highest BCUT2D eigenvalue weighted by Gasteiger charge is 2.53. The van der Waals surface area contributed by atoms with Crippen LogP contribution in [0.5, 0.6) is 0 Å². The lowest BCUT2D eigenvalue weighted by atomic mass is 9.62. The predicted molar refractivity (Wildman–Crippen MR) is 188 cm³/mol. The summed E-state index contributed by atoms with van der Waals surface area (Å²) in [5, 5.41) is 28.5. The second-order valence-electron chi connectivity index (χ2n) is 15.1. The smallest absolute Gasteiger partial charge is 0.408 e. The highest BCUT2D eigenvalue weighted by molar-refractivity contribution is 5.91. The summed E-state index contributed by atoms with van der Waals surface area (Å²) in [4.78, 5) is 37.9. The molecule has 3 amide bonds. The summed E-state index contributed by atoms with van der Waals surface area (Å²) in [6, 6.07) is 19.4. The minimum atomic E-state index is -0.904. The Bertz CT molecular complexity index is 1640. The molecule has 2 aliphatic rings. The Morgan fingerprint density at radius 2 is 1.55 bits per heavy atom. The number of nitrogens with zero attached hydrogens (tertiary/aromatic N) is 2. The van der Waals surface area contributed by atoms with E-state index >= 15 is 0 Å². The van der Waals surface area contributed by atoms with Gasteiger partial charge in [0.25, 0.3) is 0 Å². The van der Waals surface area contributed by atoms with E-state index < -0.39 is 28.9 Å². The van der Waals surface area contributed by atoms with Crippen molar-refractivity contribution in [3.63, 3.8) is 0 Å². The van der Waals surface area contributed by atoms with Gasteiger partial charge in [0.15, 0.2) is 5.82 Å². The molecule has 49 heavy (non-hydrogen) atoms. The summed E-state index contributed by atoms with van der Waals surface area (Å²) in [6.45, 7) is 11.3. The van der Waals surface area contributed by atoms with Gasteiger partial charge in [-0.05, 0) is 90.3 Å². The van der Waals surface area contributed by atoms with Crippen molar-refractivity contribution in [2.24, 2.45) is 5.92 Å². The minimum Gasteiger partial charge on any atom is -0.450 e. The molecule has 2 fully saturated rings. The van der Waals surface area contributed by atoms with Gasteiger partial charge >= 0.3 is 12.2 Å². The summed E-state index contributed by atoms with van der Waals surface area (Å²) >= 11 is 0. The Morgan fingerprint density at radius 1 is 0.898 bits per heavy atom. The molecule has 3 aromatic rings. The van der Waals surface area contributed by atoms with Gasteiger partial charge in [-0.3, -0.25) is 4.79 Å². The van der Waals surface area contributed by atoms with Gasteiger partial charge in [-0.1, -0.05) is 54.6 Å². The van der Waals surface area contributed by atoms with Crippen LogP contribution in [0.2, 0.25) is 0 Å². The lowest BCUT2D eigenvalue weighted by Gasteiger charge is -2.52. The number of aromatic nitrogens is 2. The van der Waals surface area contributed by atoms with Crippen LogP contribution >= 0.6 is 0 Å². The first kappa shape index (κ1) is 35.8. The van der Waals surface area contributed by atoms with Crippen LogP contribution in [0.25, 0.3) is 22.4 Å². The predicted octanol–water partition coefficient (Wildman–Crippen LogP) is 7.10. The molecule has 11 nitrogen and oxygen atoms in total. The van der Waals surface area contributed by atoms with Crippen molar-refractivity contribution in [3.8, 4) is 22.4 Å². The molecule has 1 aromatic heterocycles. The van der Waals surface area contributed by atoms with Gasteiger partial charge in [0.05, 0.1) is 17.7 Å². The molecule has 0 unspecified atom stereocenters. The average Bonchev–Trinajstić information content (AvgIpc) is 3.01. The lowest BCUT2D eigenvalue weighted by Crippen LogP contribution is -2.62. The monoisotopic (exact) mass is 671 g/mol. The molecule has 2 saturated carbocycles. The van der Waals surface area contributed by atoms with Crippen molar-refractivity contribution in [1.82, 2.24) is 20.8 Å². The molecular weight excluding hydrogens is 622 g/mol. The summed E-state index contributed by atoms with van der Waals surface area (Å²) in [7, 11) is 0. The Balaban J connectivity index is 1.31. The second kappa shape index (κ2) is 14.2. The number of hydrogen-bond donors (Lipinski definition) is 4. The molecule has 0 saturated heterocycles. The first-order valence-electron chi connectivity index (χ1n) is 17.1. The van der Waals surface area contributed by atoms with Gasteiger partial charge in [0.1, 0.15) is 11.3 Å². The van der Waals surface area contributed by atoms with E-state index in [-0.39, 0.29) is 17.4 Å². The topological polar surface area (TPSA) is 152 Å².